The molecule has 0 radical (unpaired) electrons. The van der Waals surface area contributed by atoms with Crippen LogP contribution in [-0.2, 0) is 16.0 Å². The molecule has 5 rings (SSSR count). The predicted molar refractivity (Wildman–Crippen MR) is 143 cm³/mol. The summed E-state index contributed by atoms with van der Waals surface area (Å²) in [4.78, 5) is 34.7. The summed E-state index contributed by atoms with van der Waals surface area (Å²) in [5, 5.41) is 0.978. The van der Waals surface area contributed by atoms with Crippen LogP contribution in [0.3, 0.4) is 0 Å². The van der Waals surface area contributed by atoms with Crippen molar-refractivity contribution < 1.29 is 19.1 Å². The smallest absolute Gasteiger partial charge is 0.260 e. The molecule has 0 unspecified atom stereocenters. The fraction of sp³-hybridized carbons (Fsp3) is 0.433. The fourth-order valence-electron chi connectivity index (χ4n) is 5.61. The van der Waals surface area contributed by atoms with E-state index in [1.165, 1.54) is 5.56 Å². The van der Waals surface area contributed by atoms with E-state index in [0.717, 1.165) is 42.3 Å². The van der Waals surface area contributed by atoms with Crippen molar-refractivity contribution in [1.82, 2.24) is 14.8 Å². The molecule has 2 aliphatic rings. The molecule has 0 atom stereocenters. The van der Waals surface area contributed by atoms with Gasteiger partial charge in [0, 0.05) is 31.7 Å². The molecule has 2 aliphatic heterocycles. The fourth-order valence-corrected chi connectivity index (χ4v) is 5.61. The van der Waals surface area contributed by atoms with Crippen LogP contribution in [0, 0.1) is 5.41 Å². The first kappa shape index (κ1) is 25.1. The van der Waals surface area contributed by atoms with Crippen molar-refractivity contribution in [1.29, 1.82) is 0 Å². The minimum absolute atomic E-state index is 0.0344. The molecule has 1 spiro atoms. The van der Waals surface area contributed by atoms with Crippen LogP contribution >= 0.6 is 0 Å². The summed E-state index contributed by atoms with van der Waals surface area (Å²) in [5.74, 6) is 1.66. The van der Waals surface area contributed by atoms with Crippen LogP contribution in [0.1, 0.15) is 37.7 Å². The first-order valence-electron chi connectivity index (χ1n) is 13.3. The zero-order valence-electron chi connectivity index (χ0n) is 21.5. The molecule has 7 heteroatoms. The van der Waals surface area contributed by atoms with Crippen LogP contribution in [0.2, 0.25) is 0 Å². The number of rotatable bonds is 3. The van der Waals surface area contributed by atoms with E-state index < -0.39 is 5.41 Å². The standard InChI is InChI=1S/C30H35N3O4/c1-32-20-21-36-25-12-3-2-8-23(25)9-4-5-14-30(29(32)35)15-18-33(19-16-30)27(34)22-37-26-13-6-10-24-11-7-17-31-28(24)26/h2-3,6-8,10-13,17H,4-5,9,14-16,18-22H2,1H3. The van der Waals surface area contributed by atoms with Gasteiger partial charge in [-0.05, 0) is 55.9 Å². The third kappa shape index (κ3) is 5.55. The lowest BCUT2D eigenvalue weighted by molar-refractivity contribution is -0.148. The van der Waals surface area contributed by atoms with Gasteiger partial charge in [0.15, 0.2) is 6.61 Å². The number of benzene rings is 2. The number of aryl methyl sites for hydroxylation is 1. The van der Waals surface area contributed by atoms with Crippen molar-refractivity contribution >= 4 is 22.7 Å². The molecule has 2 aromatic carbocycles. The number of aromatic nitrogens is 1. The summed E-state index contributed by atoms with van der Waals surface area (Å²) in [5.41, 5.74) is 1.56. The Balaban J connectivity index is 1.21. The van der Waals surface area contributed by atoms with Gasteiger partial charge in [-0.2, -0.15) is 0 Å². The first-order valence-corrected chi connectivity index (χ1v) is 13.3. The molecule has 0 saturated carbocycles. The van der Waals surface area contributed by atoms with Crippen LogP contribution in [0.5, 0.6) is 11.5 Å². The molecule has 7 nitrogen and oxygen atoms in total. The minimum Gasteiger partial charge on any atom is -0.491 e. The Morgan fingerprint density at radius 2 is 1.81 bits per heavy atom. The predicted octanol–water partition coefficient (Wildman–Crippen LogP) is 4.49. The molecule has 1 saturated heterocycles. The van der Waals surface area contributed by atoms with Gasteiger partial charge in [-0.25, -0.2) is 0 Å². The number of carbonyl (C=O) groups excluding carboxylic acids is 2. The second-order valence-corrected chi connectivity index (χ2v) is 10.2. The first-order chi connectivity index (χ1) is 18.1. The van der Waals surface area contributed by atoms with Gasteiger partial charge in [0.05, 0.1) is 12.0 Å². The number of pyridine rings is 1. The number of piperidine rings is 1. The molecule has 37 heavy (non-hydrogen) atoms. The maximum atomic E-state index is 13.6. The lowest BCUT2D eigenvalue weighted by atomic mass is 9.73. The maximum absolute atomic E-state index is 13.6. The summed E-state index contributed by atoms with van der Waals surface area (Å²) in [6.45, 7) is 2.11. The molecule has 3 aromatic rings. The highest BCUT2D eigenvalue weighted by molar-refractivity contribution is 5.85. The summed E-state index contributed by atoms with van der Waals surface area (Å²) >= 11 is 0. The third-order valence-corrected chi connectivity index (χ3v) is 7.83. The van der Waals surface area contributed by atoms with Gasteiger partial charge >= 0.3 is 0 Å². The molecule has 1 aromatic heterocycles. The molecule has 0 N–H and O–H groups in total. The van der Waals surface area contributed by atoms with E-state index in [2.05, 4.69) is 17.1 Å². The Labute approximate surface area is 218 Å². The Kier molecular flexibility index (Phi) is 7.58. The van der Waals surface area contributed by atoms with E-state index in [4.69, 9.17) is 9.47 Å². The maximum Gasteiger partial charge on any atom is 0.260 e. The SMILES string of the molecule is CN1CCOc2ccccc2CCCCC2(CCN(C(=O)COc3cccc4cccnc34)CC2)C1=O. The highest BCUT2D eigenvalue weighted by Gasteiger charge is 2.43. The van der Waals surface area contributed by atoms with Crippen molar-refractivity contribution in [3.63, 3.8) is 0 Å². The molecule has 1 fully saturated rings. The van der Waals surface area contributed by atoms with E-state index in [1.54, 1.807) is 6.20 Å². The largest absolute Gasteiger partial charge is 0.491 e. The van der Waals surface area contributed by atoms with E-state index >= 15 is 0 Å². The zero-order chi connectivity index (χ0) is 25.7. The van der Waals surface area contributed by atoms with Crippen molar-refractivity contribution in [3.8, 4) is 11.5 Å². The summed E-state index contributed by atoms with van der Waals surface area (Å²) < 4.78 is 11.9. The number of fused-ring (bicyclic) bond motifs is 2. The van der Waals surface area contributed by atoms with Gasteiger partial charge in [-0.15, -0.1) is 0 Å². The molecule has 194 valence electrons. The van der Waals surface area contributed by atoms with Crippen molar-refractivity contribution in [3.05, 3.63) is 66.4 Å². The second-order valence-electron chi connectivity index (χ2n) is 10.2. The molecule has 0 aliphatic carbocycles. The number of hydrogen-bond donors (Lipinski definition) is 0. The highest BCUT2D eigenvalue weighted by atomic mass is 16.5. The van der Waals surface area contributed by atoms with Gasteiger partial charge in [-0.1, -0.05) is 42.8 Å². The Hall–Kier alpha value is -3.61. The molecular formula is C30H35N3O4. The number of ether oxygens (including phenoxy) is 2. The lowest BCUT2D eigenvalue weighted by Crippen LogP contribution is -2.51. The average molecular weight is 502 g/mol. The summed E-state index contributed by atoms with van der Waals surface area (Å²) in [6, 6.07) is 17.8. The molecule has 0 bridgehead atoms. The topological polar surface area (TPSA) is 72.0 Å². The number of amides is 2. The van der Waals surface area contributed by atoms with Crippen LogP contribution < -0.4 is 9.47 Å². The number of para-hydroxylation sites is 2. The van der Waals surface area contributed by atoms with E-state index in [9.17, 15) is 9.59 Å². The Bertz CT molecular complexity index is 1250. The van der Waals surface area contributed by atoms with Gasteiger partial charge < -0.3 is 19.3 Å². The van der Waals surface area contributed by atoms with Crippen LogP contribution in [0.15, 0.2) is 60.8 Å². The Morgan fingerprint density at radius 3 is 2.68 bits per heavy atom. The average Bonchev–Trinajstić information content (AvgIpc) is 2.94. The number of likely N-dealkylation sites (tertiary alicyclic amines) is 1. The number of carbonyl (C=O) groups is 2. The normalized spacial score (nSPS) is 18.5. The summed E-state index contributed by atoms with van der Waals surface area (Å²) in [7, 11) is 1.87. The number of nitrogens with zero attached hydrogens (tertiary/aromatic N) is 3. The van der Waals surface area contributed by atoms with E-state index in [0.29, 0.717) is 44.8 Å². The number of hydrogen-bond acceptors (Lipinski definition) is 5. The lowest BCUT2D eigenvalue weighted by Gasteiger charge is -2.42. The Morgan fingerprint density at radius 1 is 1.00 bits per heavy atom. The number of likely N-dealkylation sites (N-methyl/N-ethyl adjacent to an activating group) is 1. The minimum atomic E-state index is -0.426. The monoisotopic (exact) mass is 501 g/mol. The van der Waals surface area contributed by atoms with Crippen LogP contribution in [0.25, 0.3) is 10.9 Å². The molecule has 3 heterocycles. The van der Waals surface area contributed by atoms with Gasteiger partial charge in [0.2, 0.25) is 5.91 Å². The summed E-state index contributed by atoms with van der Waals surface area (Å²) in [6.07, 6.45) is 6.85. The quantitative estimate of drug-likeness (QED) is 0.529. The van der Waals surface area contributed by atoms with Gasteiger partial charge in [0.1, 0.15) is 23.6 Å². The van der Waals surface area contributed by atoms with Crippen molar-refractivity contribution in [2.24, 2.45) is 5.41 Å². The van der Waals surface area contributed by atoms with E-state index in [-0.39, 0.29) is 18.4 Å². The zero-order valence-corrected chi connectivity index (χ0v) is 21.5. The highest BCUT2D eigenvalue weighted by Crippen LogP contribution is 2.39. The molecule has 2 amide bonds. The van der Waals surface area contributed by atoms with Crippen molar-refractivity contribution in [2.45, 2.75) is 38.5 Å². The third-order valence-electron chi connectivity index (χ3n) is 7.83. The molecular weight excluding hydrogens is 466 g/mol. The van der Waals surface area contributed by atoms with E-state index in [1.807, 2.05) is 59.3 Å². The van der Waals surface area contributed by atoms with Gasteiger partial charge in [-0.3, -0.25) is 14.6 Å². The van der Waals surface area contributed by atoms with Crippen molar-refractivity contribution in [2.75, 3.05) is 39.9 Å². The second kappa shape index (κ2) is 11.2. The van der Waals surface area contributed by atoms with Crippen LogP contribution in [0.4, 0.5) is 0 Å². The van der Waals surface area contributed by atoms with Gasteiger partial charge in [0.25, 0.3) is 5.91 Å². The van der Waals surface area contributed by atoms with Crippen LogP contribution in [-0.4, -0.2) is 66.5 Å².